The number of carbonyl (C=O) groups is 3. The molecule has 134 valence electrons. The Bertz CT molecular complexity index is 786. The van der Waals surface area contributed by atoms with Crippen LogP contribution in [-0.4, -0.2) is 34.2 Å². The van der Waals surface area contributed by atoms with Crippen LogP contribution >= 0.6 is 0 Å². The average Bonchev–Trinajstić information content (AvgIpc) is 2.93. The van der Waals surface area contributed by atoms with Crippen LogP contribution in [0.2, 0.25) is 0 Å². The number of nitriles is 1. The van der Waals surface area contributed by atoms with Crippen molar-refractivity contribution in [1.82, 2.24) is 5.06 Å². The minimum Gasteiger partial charge on any atom is -0.370 e. The van der Waals surface area contributed by atoms with Crippen molar-refractivity contribution >= 4 is 23.5 Å². The van der Waals surface area contributed by atoms with Crippen molar-refractivity contribution in [2.75, 3.05) is 5.32 Å². The first kappa shape index (κ1) is 19.0. The summed E-state index contributed by atoms with van der Waals surface area (Å²) >= 11 is 0. The lowest BCUT2D eigenvalue weighted by molar-refractivity contribution is -0.220. The standard InChI is InChI=1S/C18H17N3O5/c19-12-2-3-13-6-8-14(9-7-13)20-15(22)4-1-5-18(25)26-21-16(23)10-11-17(21)24/h6-9,16,23H,1,4-5,10-11H2,(H,20,22). The molecule has 1 aliphatic heterocycles. The number of rotatable bonds is 6. The second-order valence-electron chi connectivity index (χ2n) is 5.54. The van der Waals surface area contributed by atoms with Gasteiger partial charge in [-0.15, -0.1) is 5.06 Å². The molecule has 1 atom stereocenters. The van der Waals surface area contributed by atoms with E-state index in [0.29, 0.717) is 16.3 Å². The summed E-state index contributed by atoms with van der Waals surface area (Å²) in [6.07, 6.45) is -0.439. The van der Waals surface area contributed by atoms with Crippen LogP contribution in [0.25, 0.3) is 0 Å². The molecule has 2 N–H and O–H groups in total. The molecule has 1 fully saturated rings. The highest BCUT2D eigenvalue weighted by Gasteiger charge is 2.32. The van der Waals surface area contributed by atoms with Gasteiger partial charge in [-0.05, 0) is 30.7 Å². The van der Waals surface area contributed by atoms with Crippen LogP contribution in [0, 0.1) is 23.2 Å². The number of aliphatic hydroxyl groups is 1. The third kappa shape index (κ3) is 5.62. The van der Waals surface area contributed by atoms with E-state index < -0.39 is 18.1 Å². The van der Waals surface area contributed by atoms with Crippen molar-refractivity contribution in [3.8, 4) is 17.9 Å². The Hall–Kier alpha value is -3.36. The summed E-state index contributed by atoms with van der Waals surface area (Å²) in [6, 6.07) is 8.39. The summed E-state index contributed by atoms with van der Waals surface area (Å²) in [6.45, 7) is 0. The average molecular weight is 355 g/mol. The number of anilines is 1. The zero-order valence-electron chi connectivity index (χ0n) is 13.9. The van der Waals surface area contributed by atoms with Crippen LogP contribution in [0.4, 0.5) is 5.69 Å². The molecule has 26 heavy (non-hydrogen) atoms. The molecule has 0 saturated carbocycles. The van der Waals surface area contributed by atoms with Gasteiger partial charge in [0.25, 0.3) is 5.91 Å². The van der Waals surface area contributed by atoms with Gasteiger partial charge in [-0.3, -0.25) is 9.59 Å². The number of hydrogen-bond acceptors (Lipinski definition) is 6. The molecule has 0 radical (unpaired) electrons. The van der Waals surface area contributed by atoms with Gasteiger partial charge in [0.15, 0.2) is 12.3 Å². The molecule has 8 heteroatoms. The molecular formula is C18H17N3O5. The van der Waals surface area contributed by atoms with Crippen LogP contribution in [-0.2, 0) is 19.2 Å². The van der Waals surface area contributed by atoms with E-state index in [1.807, 2.05) is 0 Å². The highest BCUT2D eigenvalue weighted by atomic mass is 16.7. The van der Waals surface area contributed by atoms with Crippen molar-refractivity contribution in [3.63, 3.8) is 0 Å². The van der Waals surface area contributed by atoms with Gasteiger partial charge < -0.3 is 15.3 Å². The molecule has 8 nitrogen and oxygen atoms in total. The molecule has 0 bridgehead atoms. The Morgan fingerprint density at radius 2 is 2.04 bits per heavy atom. The third-order valence-electron chi connectivity index (χ3n) is 3.55. The molecule has 1 heterocycles. The minimum absolute atomic E-state index is 0.0490. The first-order chi connectivity index (χ1) is 12.5. The van der Waals surface area contributed by atoms with Crippen LogP contribution < -0.4 is 5.32 Å². The monoisotopic (exact) mass is 355 g/mol. The minimum atomic E-state index is -1.10. The largest absolute Gasteiger partial charge is 0.370 e. The van der Waals surface area contributed by atoms with E-state index in [1.165, 1.54) is 0 Å². The summed E-state index contributed by atoms with van der Waals surface area (Å²) in [7, 11) is 0. The highest BCUT2D eigenvalue weighted by Crippen LogP contribution is 2.17. The number of aliphatic hydroxyl groups excluding tert-OH is 1. The number of nitrogens with one attached hydrogen (secondary N) is 1. The first-order valence-corrected chi connectivity index (χ1v) is 8.00. The number of hydrogen-bond donors (Lipinski definition) is 2. The molecule has 2 amide bonds. The second kappa shape index (κ2) is 9.21. The molecule has 1 aromatic carbocycles. The molecule has 0 aromatic heterocycles. The van der Waals surface area contributed by atoms with Gasteiger partial charge in [0.1, 0.15) is 0 Å². The Labute approximate surface area is 150 Å². The third-order valence-corrected chi connectivity index (χ3v) is 3.55. The number of benzene rings is 1. The summed E-state index contributed by atoms with van der Waals surface area (Å²) in [5.41, 5.74) is 1.23. The lowest BCUT2D eigenvalue weighted by Gasteiger charge is -2.18. The Morgan fingerprint density at radius 3 is 2.65 bits per heavy atom. The van der Waals surface area contributed by atoms with Crippen molar-refractivity contribution in [2.24, 2.45) is 0 Å². The lowest BCUT2D eigenvalue weighted by Crippen LogP contribution is -2.35. The smallest absolute Gasteiger partial charge is 0.332 e. The number of amides is 2. The van der Waals surface area contributed by atoms with Gasteiger partial charge in [-0.1, -0.05) is 5.92 Å². The molecule has 0 aliphatic carbocycles. The van der Waals surface area contributed by atoms with E-state index in [-0.39, 0.29) is 38.0 Å². The SMILES string of the molecule is N#CC#Cc1ccc(NC(=O)CCCC(=O)ON2C(=O)CCC2O)cc1. The van der Waals surface area contributed by atoms with Crippen molar-refractivity contribution in [2.45, 2.75) is 38.3 Å². The quantitative estimate of drug-likeness (QED) is 0.737. The number of carbonyl (C=O) groups excluding carboxylic acids is 3. The zero-order valence-corrected chi connectivity index (χ0v) is 13.9. The molecule has 1 aliphatic rings. The van der Waals surface area contributed by atoms with Crippen molar-refractivity contribution in [1.29, 1.82) is 5.26 Å². The molecule has 1 unspecified atom stereocenters. The zero-order chi connectivity index (χ0) is 18.9. The normalized spacial score (nSPS) is 15.6. The first-order valence-electron chi connectivity index (χ1n) is 8.00. The number of nitrogens with zero attached hydrogens (tertiary/aromatic N) is 2. The second-order valence-corrected chi connectivity index (χ2v) is 5.54. The van der Waals surface area contributed by atoms with E-state index in [4.69, 9.17) is 10.1 Å². The van der Waals surface area contributed by atoms with Crippen LogP contribution in [0.5, 0.6) is 0 Å². The Kier molecular flexibility index (Phi) is 6.72. The summed E-state index contributed by atoms with van der Waals surface area (Å²) in [4.78, 5) is 39.7. The predicted octanol–water partition coefficient (Wildman–Crippen LogP) is 1.07. The fraction of sp³-hybridized carbons (Fsp3) is 0.333. The fourth-order valence-electron chi connectivity index (χ4n) is 2.27. The summed E-state index contributed by atoms with van der Waals surface area (Å²) in [5, 5.41) is 21.2. The van der Waals surface area contributed by atoms with Gasteiger partial charge in [0.2, 0.25) is 5.91 Å². The fourth-order valence-corrected chi connectivity index (χ4v) is 2.27. The van der Waals surface area contributed by atoms with Gasteiger partial charge >= 0.3 is 5.97 Å². The van der Waals surface area contributed by atoms with Crippen LogP contribution in [0.3, 0.4) is 0 Å². The highest BCUT2D eigenvalue weighted by molar-refractivity contribution is 5.91. The summed E-state index contributed by atoms with van der Waals surface area (Å²) in [5.74, 6) is 3.53. The van der Waals surface area contributed by atoms with Crippen LogP contribution in [0.15, 0.2) is 24.3 Å². The summed E-state index contributed by atoms with van der Waals surface area (Å²) < 4.78 is 0. The van der Waals surface area contributed by atoms with E-state index >= 15 is 0 Å². The topological polar surface area (TPSA) is 120 Å². The molecule has 2 rings (SSSR count). The maximum atomic E-state index is 11.9. The van der Waals surface area contributed by atoms with Gasteiger partial charge in [0.05, 0.1) is 0 Å². The maximum Gasteiger partial charge on any atom is 0.332 e. The van der Waals surface area contributed by atoms with Crippen molar-refractivity contribution in [3.05, 3.63) is 29.8 Å². The van der Waals surface area contributed by atoms with E-state index in [9.17, 15) is 19.5 Å². The molecule has 1 saturated heterocycles. The van der Waals surface area contributed by atoms with E-state index in [2.05, 4.69) is 17.2 Å². The van der Waals surface area contributed by atoms with Gasteiger partial charge in [0, 0.05) is 42.9 Å². The van der Waals surface area contributed by atoms with E-state index in [0.717, 1.165) is 0 Å². The molecule has 0 spiro atoms. The molecular weight excluding hydrogens is 338 g/mol. The van der Waals surface area contributed by atoms with Gasteiger partial charge in [-0.2, -0.15) is 5.26 Å². The Balaban J connectivity index is 1.71. The maximum absolute atomic E-state index is 11.9. The predicted molar refractivity (Wildman–Crippen MR) is 89.6 cm³/mol. The van der Waals surface area contributed by atoms with E-state index in [1.54, 1.807) is 30.3 Å². The number of hydroxylamine groups is 2. The lowest BCUT2D eigenvalue weighted by atomic mass is 10.2. The molecule has 1 aromatic rings. The van der Waals surface area contributed by atoms with Crippen LogP contribution in [0.1, 0.15) is 37.7 Å². The van der Waals surface area contributed by atoms with Gasteiger partial charge in [-0.25, -0.2) is 4.79 Å². The Morgan fingerprint density at radius 1 is 1.31 bits per heavy atom. The van der Waals surface area contributed by atoms with Crippen molar-refractivity contribution < 1.29 is 24.3 Å².